The molecule has 0 atom stereocenters. The van der Waals surface area contributed by atoms with Gasteiger partial charge in [-0.25, -0.2) is 4.57 Å². The number of nitrogens with one attached hydrogen (secondary N) is 1. The minimum Gasteiger partial charge on any atom is -0.316 e. The minimum atomic E-state index is -0.841. The van der Waals surface area contributed by atoms with Crippen molar-refractivity contribution in [2.75, 3.05) is 5.75 Å². The van der Waals surface area contributed by atoms with Gasteiger partial charge in [0.05, 0.1) is 16.8 Å². The van der Waals surface area contributed by atoms with Crippen LogP contribution in [-0.2, 0) is 0 Å². The van der Waals surface area contributed by atoms with Gasteiger partial charge in [-0.1, -0.05) is 11.6 Å². The highest BCUT2D eigenvalue weighted by Crippen LogP contribution is 2.32. The average Bonchev–Trinajstić information content (AvgIpc) is 2.27. The van der Waals surface area contributed by atoms with Crippen LogP contribution in [0.1, 0.15) is 4.79 Å². The molecule has 0 bridgehead atoms. The molecule has 2 heterocycles. The van der Waals surface area contributed by atoms with E-state index in [1.807, 2.05) is 0 Å². The van der Waals surface area contributed by atoms with E-state index < -0.39 is 11.1 Å². The fraction of sp³-hybridized carbons (Fsp3) is 0.100. The van der Waals surface area contributed by atoms with Gasteiger partial charge in [0.1, 0.15) is 0 Å². The van der Waals surface area contributed by atoms with Crippen LogP contribution in [0.15, 0.2) is 26.6 Å². The summed E-state index contributed by atoms with van der Waals surface area (Å²) in [5, 5.41) is 0.454. The fourth-order valence-corrected chi connectivity index (χ4v) is 3.07. The van der Waals surface area contributed by atoms with Crippen LogP contribution in [0.3, 0.4) is 0 Å². The number of carbonyl (C=O) groups is 1. The summed E-state index contributed by atoms with van der Waals surface area (Å²) in [5.41, 5.74) is -0.824. The standard InChI is InChI=1S/C10H5ClN2O3S/c11-4-1-5-8-6(2-4)17-3-7(14)13(8)10(16)9(15)12-5/h1-2H,3H2,(H,12,15). The van der Waals surface area contributed by atoms with Crippen molar-refractivity contribution in [3.8, 4) is 0 Å². The molecule has 1 aromatic heterocycles. The second kappa shape index (κ2) is 3.48. The van der Waals surface area contributed by atoms with Crippen LogP contribution in [0.2, 0.25) is 5.02 Å². The summed E-state index contributed by atoms with van der Waals surface area (Å²) in [4.78, 5) is 37.9. The van der Waals surface area contributed by atoms with Crippen molar-refractivity contribution in [1.29, 1.82) is 0 Å². The third-order valence-corrected chi connectivity index (χ3v) is 3.74. The second-order valence-electron chi connectivity index (χ2n) is 3.58. The van der Waals surface area contributed by atoms with Crippen molar-refractivity contribution in [3.63, 3.8) is 0 Å². The SMILES string of the molecule is O=C1CSc2cc(Cl)cc3[nH]c(=O)c(=O)n1c23. The molecule has 0 saturated carbocycles. The molecule has 17 heavy (non-hydrogen) atoms. The highest BCUT2D eigenvalue weighted by molar-refractivity contribution is 8.00. The normalized spacial score (nSPS) is 14.3. The Labute approximate surface area is 103 Å². The lowest BCUT2D eigenvalue weighted by Crippen LogP contribution is -2.41. The summed E-state index contributed by atoms with van der Waals surface area (Å²) in [7, 11) is 0. The average molecular weight is 269 g/mol. The van der Waals surface area contributed by atoms with Gasteiger partial charge in [0.2, 0.25) is 5.91 Å². The van der Waals surface area contributed by atoms with Crippen molar-refractivity contribution in [2.45, 2.75) is 4.90 Å². The minimum absolute atomic E-state index is 0.131. The number of carbonyl (C=O) groups excluding carboxylic acids is 1. The quantitative estimate of drug-likeness (QED) is 0.726. The van der Waals surface area contributed by atoms with E-state index in [0.717, 1.165) is 9.46 Å². The second-order valence-corrected chi connectivity index (χ2v) is 5.03. The first kappa shape index (κ1) is 10.6. The first-order valence-electron chi connectivity index (χ1n) is 4.72. The van der Waals surface area contributed by atoms with Crippen molar-refractivity contribution >= 4 is 40.3 Å². The molecule has 0 unspecified atom stereocenters. The van der Waals surface area contributed by atoms with Crippen LogP contribution in [0.4, 0.5) is 0 Å². The first-order chi connectivity index (χ1) is 8.08. The molecule has 0 aliphatic carbocycles. The molecule has 1 aromatic carbocycles. The number of benzene rings is 1. The summed E-state index contributed by atoms with van der Waals surface area (Å²) in [6.07, 6.45) is 0. The molecule has 0 radical (unpaired) electrons. The topological polar surface area (TPSA) is 71.9 Å². The number of rotatable bonds is 0. The Morgan fingerprint density at radius 1 is 1.29 bits per heavy atom. The molecule has 1 aliphatic heterocycles. The van der Waals surface area contributed by atoms with Crippen molar-refractivity contribution < 1.29 is 4.79 Å². The predicted molar refractivity (Wildman–Crippen MR) is 65.2 cm³/mol. The molecular weight excluding hydrogens is 264 g/mol. The maximum absolute atomic E-state index is 11.7. The molecule has 86 valence electrons. The maximum Gasteiger partial charge on any atom is 0.323 e. The number of hydrogen-bond acceptors (Lipinski definition) is 4. The van der Waals surface area contributed by atoms with Gasteiger partial charge in [-0.05, 0) is 12.1 Å². The number of nitrogens with zero attached hydrogens (tertiary/aromatic N) is 1. The Bertz CT molecular complexity index is 777. The number of H-pyrrole nitrogens is 1. The van der Waals surface area contributed by atoms with Gasteiger partial charge in [-0.2, -0.15) is 0 Å². The van der Waals surface area contributed by atoms with E-state index in [-0.39, 0.29) is 11.7 Å². The van der Waals surface area contributed by atoms with Crippen LogP contribution in [0.5, 0.6) is 0 Å². The van der Waals surface area contributed by atoms with Crippen LogP contribution in [0.25, 0.3) is 11.0 Å². The van der Waals surface area contributed by atoms with Crippen molar-refractivity contribution in [1.82, 2.24) is 9.55 Å². The lowest BCUT2D eigenvalue weighted by molar-refractivity contribution is 0.0940. The number of aromatic nitrogens is 2. The van der Waals surface area contributed by atoms with Crippen LogP contribution < -0.4 is 11.1 Å². The van der Waals surface area contributed by atoms with Crippen molar-refractivity contribution in [2.24, 2.45) is 0 Å². The molecule has 0 saturated heterocycles. The van der Waals surface area contributed by atoms with Gasteiger partial charge in [-0.15, -0.1) is 11.8 Å². The van der Waals surface area contributed by atoms with Crippen LogP contribution in [-0.4, -0.2) is 21.2 Å². The number of halogens is 1. The summed E-state index contributed by atoms with van der Waals surface area (Å²) in [6.45, 7) is 0. The van der Waals surface area contributed by atoms with E-state index in [1.165, 1.54) is 17.8 Å². The fourth-order valence-electron chi connectivity index (χ4n) is 1.83. The summed E-state index contributed by atoms with van der Waals surface area (Å²) >= 11 is 7.20. The summed E-state index contributed by atoms with van der Waals surface area (Å²) in [6, 6.07) is 3.20. The Balaban J connectivity index is 2.65. The Morgan fingerprint density at radius 2 is 2.06 bits per heavy atom. The van der Waals surface area contributed by atoms with Gasteiger partial charge in [-0.3, -0.25) is 14.4 Å². The van der Waals surface area contributed by atoms with E-state index in [1.54, 1.807) is 6.07 Å². The van der Waals surface area contributed by atoms with Crippen LogP contribution in [0, 0.1) is 0 Å². The largest absolute Gasteiger partial charge is 0.323 e. The highest BCUT2D eigenvalue weighted by Gasteiger charge is 2.22. The number of aromatic amines is 1. The predicted octanol–water partition coefficient (Wildman–Crippen LogP) is 1.09. The molecule has 0 spiro atoms. The van der Waals surface area contributed by atoms with E-state index in [9.17, 15) is 14.4 Å². The number of thioether (sulfide) groups is 1. The molecule has 2 aromatic rings. The number of hydrogen-bond donors (Lipinski definition) is 1. The van der Waals surface area contributed by atoms with E-state index in [4.69, 9.17) is 11.6 Å². The van der Waals surface area contributed by atoms with E-state index in [2.05, 4.69) is 4.98 Å². The van der Waals surface area contributed by atoms with Gasteiger partial charge >= 0.3 is 11.1 Å². The lowest BCUT2D eigenvalue weighted by atomic mass is 10.3. The Hall–Kier alpha value is -1.53. The molecular formula is C10H5ClN2O3S. The van der Waals surface area contributed by atoms with Crippen molar-refractivity contribution in [3.05, 3.63) is 37.9 Å². The molecule has 7 heteroatoms. The highest BCUT2D eigenvalue weighted by atomic mass is 35.5. The smallest absolute Gasteiger partial charge is 0.316 e. The summed E-state index contributed by atoms with van der Waals surface area (Å²) < 4.78 is 0.927. The van der Waals surface area contributed by atoms with Gasteiger partial charge in [0.25, 0.3) is 0 Å². The van der Waals surface area contributed by atoms with Crippen LogP contribution >= 0.6 is 23.4 Å². The third kappa shape index (κ3) is 1.44. The van der Waals surface area contributed by atoms with Gasteiger partial charge in [0, 0.05) is 9.92 Å². The Kier molecular flexibility index (Phi) is 2.17. The molecule has 1 N–H and O–H groups in total. The molecule has 3 rings (SSSR count). The third-order valence-electron chi connectivity index (χ3n) is 2.51. The maximum atomic E-state index is 11.7. The Morgan fingerprint density at radius 3 is 2.82 bits per heavy atom. The zero-order chi connectivity index (χ0) is 12.2. The van der Waals surface area contributed by atoms with Gasteiger partial charge < -0.3 is 4.98 Å². The summed E-state index contributed by atoms with van der Waals surface area (Å²) in [5.74, 6) is -0.253. The zero-order valence-corrected chi connectivity index (χ0v) is 9.89. The molecule has 5 nitrogen and oxygen atoms in total. The molecule has 1 aliphatic rings. The first-order valence-corrected chi connectivity index (χ1v) is 6.09. The zero-order valence-electron chi connectivity index (χ0n) is 8.32. The lowest BCUT2D eigenvalue weighted by Gasteiger charge is -2.16. The van der Waals surface area contributed by atoms with E-state index in [0.29, 0.717) is 16.1 Å². The van der Waals surface area contributed by atoms with Gasteiger partial charge in [0.15, 0.2) is 0 Å². The van der Waals surface area contributed by atoms with E-state index >= 15 is 0 Å². The molecule has 0 fully saturated rings. The molecule has 0 amide bonds. The monoisotopic (exact) mass is 268 g/mol.